The molecule has 6 heteroatoms. The molecule has 126 valence electrons. The van der Waals surface area contributed by atoms with Gasteiger partial charge in [-0.2, -0.15) is 0 Å². The summed E-state index contributed by atoms with van der Waals surface area (Å²) in [7, 11) is 0. The zero-order chi connectivity index (χ0) is 17.1. The molecule has 0 spiro atoms. The van der Waals surface area contributed by atoms with Crippen LogP contribution in [-0.4, -0.2) is 35.0 Å². The molecule has 1 aliphatic rings. The molecule has 1 aromatic carbocycles. The van der Waals surface area contributed by atoms with Crippen molar-refractivity contribution in [2.75, 3.05) is 13.1 Å². The van der Waals surface area contributed by atoms with E-state index in [0.717, 1.165) is 10.6 Å². The first-order chi connectivity index (χ1) is 11.6. The van der Waals surface area contributed by atoms with E-state index in [2.05, 4.69) is 6.07 Å². The third-order valence-electron chi connectivity index (χ3n) is 4.28. The number of hydrogen-bond donors (Lipinski definition) is 1. The number of thioether (sulfide) groups is 1. The molecule has 1 aliphatic heterocycles. The summed E-state index contributed by atoms with van der Waals surface area (Å²) in [6.45, 7) is 2.68. The zero-order valence-electron chi connectivity index (χ0n) is 13.3. The van der Waals surface area contributed by atoms with Crippen molar-refractivity contribution in [3.05, 3.63) is 52.2 Å². The van der Waals surface area contributed by atoms with Gasteiger partial charge in [0.2, 0.25) is 0 Å². The number of carboxylic acids is 1. The predicted molar refractivity (Wildman–Crippen MR) is 96.5 cm³/mol. The van der Waals surface area contributed by atoms with E-state index in [1.807, 2.05) is 42.6 Å². The molecule has 0 radical (unpaired) electrons. The lowest BCUT2D eigenvalue weighted by molar-refractivity contribution is -0.142. The summed E-state index contributed by atoms with van der Waals surface area (Å²) in [4.78, 5) is 28.0. The van der Waals surface area contributed by atoms with E-state index in [0.29, 0.717) is 18.7 Å². The van der Waals surface area contributed by atoms with Crippen LogP contribution in [0.2, 0.25) is 0 Å². The van der Waals surface area contributed by atoms with Crippen LogP contribution < -0.4 is 0 Å². The maximum absolute atomic E-state index is 12.9. The first-order valence-electron chi connectivity index (χ1n) is 7.82. The number of likely N-dealkylation sites (tertiary alicyclic amines) is 1. The van der Waals surface area contributed by atoms with Crippen molar-refractivity contribution in [1.82, 2.24) is 4.90 Å². The zero-order valence-corrected chi connectivity index (χ0v) is 15.0. The molecule has 2 heterocycles. The fourth-order valence-electron chi connectivity index (χ4n) is 2.94. The van der Waals surface area contributed by atoms with E-state index >= 15 is 0 Å². The lowest BCUT2D eigenvalue weighted by Gasteiger charge is -2.18. The minimum absolute atomic E-state index is 0.0163. The van der Waals surface area contributed by atoms with Gasteiger partial charge in [-0.3, -0.25) is 9.59 Å². The van der Waals surface area contributed by atoms with Crippen LogP contribution in [0.4, 0.5) is 0 Å². The third kappa shape index (κ3) is 3.65. The number of hydrogen-bond acceptors (Lipinski definition) is 4. The van der Waals surface area contributed by atoms with Crippen molar-refractivity contribution in [2.24, 2.45) is 11.8 Å². The maximum Gasteiger partial charge on any atom is 0.308 e. The summed E-state index contributed by atoms with van der Waals surface area (Å²) in [5, 5.41) is 11.3. The Kier molecular flexibility index (Phi) is 5.26. The summed E-state index contributed by atoms with van der Waals surface area (Å²) in [6.07, 6.45) is 0. The Morgan fingerprint density at radius 1 is 1.25 bits per heavy atom. The van der Waals surface area contributed by atoms with Gasteiger partial charge in [0.1, 0.15) is 0 Å². The lowest BCUT2D eigenvalue weighted by atomic mass is 9.99. The average Bonchev–Trinajstić information content (AvgIpc) is 3.22. The van der Waals surface area contributed by atoms with Crippen LogP contribution in [0.1, 0.15) is 22.2 Å². The van der Waals surface area contributed by atoms with E-state index < -0.39 is 11.9 Å². The summed E-state index contributed by atoms with van der Waals surface area (Å²) >= 11 is 3.35. The van der Waals surface area contributed by atoms with Crippen molar-refractivity contribution in [3.63, 3.8) is 0 Å². The first-order valence-corrected chi connectivity index (χ1v) is 9.69. The van der Waals surface area contributed by atoms with Crippen molar-refractivity contribution >= 4 is 35.0 Å². The monoisotopic (exact) mass is 361 g/mol. The van der Waals surface area contributed by atoms with Crippen molar-refractivity contribution < 1.29 is 14.7 Å². The highest BCUT2D eigenvalue weighted by Crippen LogP contribution is 2.31. The molecule has 0 unspecified atom stereocenters. The average molecular weight is 361 g/mol. The fourth-order valence-corrected chi connectivity index (χ4v) is 4.75. The highest BCUT2D eigenvalue weighted by molar-refractivity contribution is 7.98. The van der Waals surface area contributed by atoms with Crippen LogP contribution in [0, 0.1) is 11.8 Å². The van der Waals surface area contributed by atoms with Crippen LogP contribution in [0.3, 0.4) is 0 Å². The first kappa shape index (κ1) is 17.0. The van der Waals surface area contributed by atoms with Crippen molar-refractivity contribution in [3.8, 4) is 0 Å². The second-order valence-corrected chi connectivity index (χ2v) is 8.05. The van der Waals surface area contributed by atoms with Gasteiger partial charge >= 0.3 is 5.97 Å². The second-order valence-electron chi connectivity index (χ2n) is 6.00. The number of carboxylic acid groups (broad SMARTS) is 1. The van der Waals surface area contributed by atoms with Gasteiger partial charge in [-0.15, -0.1) is 23.1 Å². The molecule has 1 fully saturated rings. The summed E-state index contributed by atoms with van der Waals surface area (Å²) < 4.78 is 0. The standard InChI is InChI=1S/C18H19NO3S2/c1-12-9-19(10-15(12)18(21)22)17(20)14-6-2-3-7-16(14)24-11-13-5-4-8-23-13/h2-8,12,15H,9-11H2,1H3,(H,21,22)/t12-,15-/m1/s1. The molecular weight excluding hydrogens is 342 g/mol. The molecule has 1 saturated heterocycles. The lowest BCUT2D eigenvalue weighted by Crippen LogP contribution is -2.30. The molecule has 2 atom stereocenters. The van der Waals surface area contributed by atoms with Crippen LogP contribution in [0.5, 0.6) is 0 Å². The number of benzene rings is 1. The Bertz CT molecular complexity index is 730. The smallest absolute Gasteiger partial charge is 0.308 e. The van der Waals surface area contributed by atoms with Gasteiger partial charge in [-0.05, 0) is 29.5 Å². The topological polar surface area (TPSA) is 57.6 Å². The van der Waals surface area contributed by atoms with Gasteiger partial charge in [-0.25, -0.2) is 0 Å². The van der Waals surface area contributed by atoms with E-state index in [1.165, 1.54) is 4.88 Å². The summed E-state index contributed by atoms with van der Waals surface area (Å²) in [6, 6.07) is 11.7. The highest BCUT2D eigenvalue weighted by atomic mass is 32.2. The van der Waals surface area contributed by atoms with Crippen LogP contribution >= 0.6 is 23.1 Å². The Morgan fingerprint density at radius 2 is 2.04 bits per heavy atom. The van der Waals surface area contributed by atoms with Crippen molar-refractivity contribution in [1.29, 1.82) is 0 Å². The molecule has 1 aromatic heterocycles. The SMILES string of the molecule is C[C@@H]1CN(C(=O)c2ccccc2SCc2cccs2)C[C@H]1C(=O)O. The molecule has 0 aliphatic carbocycles. The molecule has 24 heavy (non-hydrogen) atoms. The third-order valence-corrected chi connectivity index (χ3v) is 6.47. The minimum atomic E-state index is -0.821. The molecule has 2 aromatic rings. The van der Waals surface area contributed by atoms with Crippen molar-refractivity contribution in [2.45, 2.75) is 17.6 Å². The van der Waals surface area contributed by atoms with E-state index in [9.17, 15) is 14.7 Å². The molecule has 0 saturated carbocycles. The predicted octanol–water partition coefficient (Wildman–Crippen LogP) is 3.83. The van der Waals surface area contributed by atoms with Crippen LogP contribution in [0.25, 0.3) is 0 Å². The molecule has 3 rings (SSSR count). The number of aliphatic carboxylic acids is 1. The normalized spacial score (nSPS) is 20.3. The minimum Gasteiger partial charge on any atom is -0.481 e. The Hall–Kier alpha value is -1.79. The molecule has 4 nitrogen and oxygen atoms in total. The number of carbonyl (C=O) groups is 2. The number of carbonyl (C=O) groups excluding carboxylic acids is 1. The van der Waals surface area contributed by atoms with E-state index in [1.54, 1.807) is 28.0 Å². The van der Waals surface area contributed by atoms with Gasteiger partial charge in [0, 0.05) is 28.6 Å². The largest absolute Gasteiger partial charge is 0.481 e. The van der Waals surface area contributed by atoms with Gasteiger partial charge in [-0.1, -0.05) is 25.1 Å². The summed E-state index contributed by atoms with van der Waals surface area (Å²) in [5.41, 5.74) is 0.664. The Morgan fingerprint density at radius 3 is 2.71 bits per heavy atom. The number of thiophene rings is 1. The van der Waals surface area contributed by atoms with E-state index in [-0.39, 0.29) is 11.8 Å². The van der Waals surface area contributed by atoms with Gasteiger partial charge < -0.3 is 10.0 Å². The fraction of sp³-hybridized carbons (Fsp3) is 0.333. The molecule has 1 amide bonds. The quantitative estimate of drug-likeness (QED) is 0.822. The Labute approximate surface area is 149 Å². The van der Waals surface area contributed by atoms with E-state index in [4.69, 9.17) is 0 Å². The maximum atomic E-state index is 12.9. The highest BCUT2D eigenvalue weighted by Gasteiger charge is 2.37. The number of rotatable bonds is 5. The second kappa shape index (κ2) is 7.40. The van der Waals surface area contributed by atoms with Crippen LogP contribution in [0.15, 0.2) is 46.7 Å². The molecule has 0 bridgehead atoms. The Balaban J connectivity index is 1.74. The number of nitrogens with zero attached hydrogens (tertiary/aromatic N) is 1. The number of amides is 1. The molecular formula is C18H19NO3S2. The van der Waals surface area contributed by atoms with Gasteiger partial charge in [0.15, 0.2) is 0 Å². The van der Waals surface area contributed by atoms with Crippen LogP contribution in [-0.2, 0) is 10.5 Å². The molecule has 1 N–H and O–H groups in total. The summed E-state index contributed by atoms with van der Waals surface area (Å²) in [5.74, 6) is -0.550. The van der Waals surface area contributed by atoms with Gasteiger partial charge in [0.25, 0.3) is 5.91 Å². The van der Waals surface area contributed by atoms with Gasteiger partial charge in [0.05, 0.1) is 11.5 Å².